The minimum absolute atomic E-state index is 0.589. The summed E-state index contributed by atoms with van der Waals surface area (Å²) in [5.41, 5.74) is 10.4. The van der Waals surface area contributed by atoms with Crippen LogP contribution in [-0.2, 0) is 6.54 Å². The number of anilines is 3. The summed E-state index contributed by atoms with van der Waals surface area (Å²) in [6, 6.07) is 14.8. The molecule has 2 aromatic carbocycles. The van der Waals surface area contributed by atoms with Crippen LogP contribution in [-0.4, -0.2) is 13.1 Å². The molecular weight excluding hydrogens is 302 g/mol. The fraction of sp³-hybridized carbons (Fsp3) is 0.200. The average molecular weight is 318 g/mol. The molecule has 0 bridgehead atoms. The van der Waals surface area contributed by atoms with Crippen LogP contribution < -0.4 is 16.0 Å². The Balaban J connectivity index is 1.98. The number of nitrogens with two attached hydrogens (primary N) is 1. The zero-order chi connectivity index (χ0) is 13.2. The van der Waals surface area contributed by atoms with Crippen LogP contribution in [0.5, 0.6) is 0 Å². The van der Waals surface area contributed by atoms with Crippen molar-refractivity contribution in [3.8, 4) is 0 Å². The van der Waals surface area contributed by atoms with Crippen molar-refractivity contribution in [2.75, 3.05) is 23.3 Å². The Hall–Kier alpha value is -1.52. The Morgan fingerprint density at radius 2 is 1.95 bits per heavy atom. The maximum Gasteiger partial charge on any atom is 0.0647 e. The number of fused-ring (bicyclic) bond motifs is 1. The molecular formula is C15H16BrN3. The van der Waals surface area contributed by atoms with E-state index in [9.17, 15) is 0 Å². The Kier molecular flexibility index (Phi) is 3.44. The summed E-state index contributed by atoms with van der Waals surface area (Å²) in [6.45, 7) is 2.50. The van der Waals surface area contributed by atoms with Gasteiger partial charge in [-0.2, -0.15) is 0 Å². The van der Waals surface area contributed by atoms with Crippen molar-refractivity contribution in [3.05, 3.63) is 52.5 Å². The minimum Gasteiger partial charge on any atom is -0.382 e. The van der Waals surface area contributed by atoms with Crippen molar-refractivity contribution in [2.45, 2.75) is 6.54 Å². The number of rotatable bonds is 2. The monoisotopic (exact) mass is 317 g/mol. The van der Waals surface area contributed by atoms with Crippen LogP contribution in [0.25, 0.3) is 0 Å². The van der Waals surface area contributed by atoms with Gasteiger partial charge in [0.05, 0.1) is 11.4 Å². The number of nitrogens with one attached hydrogen (secondary N) is 1. The first-order chi connectivity index (χ1) is 9.28. The summed E-state index contributed by atoms with van der Waals surface area (Å²) in [6.07, 6.45) is 0. The van der Waals surface area contributed by atoms with Gasteiger partial charge in [-0.25, -0.2) is 0 Å². The SMILES string of the molecule is NCc1ccc(N2CCNc3cc(Br)ccc32)cc1. The van der Waals surface area contributed by atoms with Gasteiger partial charge in [0.2, 0.25) is 0 Å². The van der Waals surface area contributed by atoms with Gasteiger partial charge in [-0.05, 0) is 35.9 Å². The molecule has 1 heterocycles. The highest BCUT2D eigenvalue weighted by molar-refractivity contribution is 9.10. The van der Waals surface area contributed by atoms with Gasteiger partial charge >= 0.3 is 0 Å². The van der Waals surface area contributed by atoms with Gasteiger partial charge in [0, 0.05) is 29.8 Å². The van der Waals surface area contributed by atoms with Crippen LogP contribution >= 0.6 is 15.9 Å². The third kappa shape index (κ3) is 2.46. The van der Waals surface area contributed by atoms with Crippen LogP contribution in [0.2, 0.25) is 0 Å². The summed E-state index contributed by atoms with van der Waals surface area (Å²) < 4.78 is 1.10. The lowest BCUT2D eigenvalue weighted by molar-refractivity contribution is 0.925. The van der Waals surface area contributed by atoms with E-state index in [1.807, 2.05) is 0 Å². The van der Waals surface area contributed by atoms with E-state index < -0.39 is 0 Å². The van der Waals surface area contributed by atoms with E-state index in [0.29, 0.717) is 6.54 Å². The summed E-state index contributed by atoms with van der Waals surface area (Å²) in [4.78, 5) is 2.33. The molecule has 3 N–H and O–H groups in total. The van der Waals surface area contributed by atoms with Crippen LogP contribution in [0.3, 0.4) is 0 Å². The maximum atomic E-state index is 5.64. The third-order valence-electron chi connectivity index (χ3n) is 3.38. The van der Waals surface area contributed by atoms with Gasteiger partial charge in [-0.3, -0.25) is 0 Å². The molecule has 0 unspecified atom stereocenters. The molecule has 3 nitrogen and oxygen atoms in total. The molecule has 0 amide bonds. The Labute approximate surface area is 121 Å². The molecule has 0 spiro atoms. The first-order valence-electron chi connectivity index (χ1n) is 6.38. The first-order valence-corrected chi connectivity index (χ1v) is 7.17. The molecule has 2 aromatic rings. The van der Waals surface area contributed by atoms with Gasteiger partial charge in [-0.1, -0.05) is 28.1 Å². The molecule has 0 fully saturated rings. The fourth-order valence-electron chi connectivity index (χ4n) is 2.39. The molecule has 3 rings (SSSR count). The van der Waals surface area contributed by atoms with Gasteiger partial charge in [0.25, 0.3) is 0 Å². The second-order valence-electron chi connectivity index (χ2n) is 4.61. The highest BCUT2D eigenvalue weighted by Gasteiger charge is 2.17. The molecule has 98 valence electrons. The zero-order valence-corrected chi connectivity index (χ0v) is 12.2. The summed E-state index contributed by atoms with van der Waals surface area (Å²) in [7, 11) is 0. The van der Waals surface area contributed by atoms with Crippen LogP contribution in [0.15, 0.2) is 46.9 Å². The van der Waals surface area contributed by atoms with Crippen molar-refractivity contribution >= 4 is 33.0 Å². The Morgan fingerprint density at radius 1 is 1.16 bits per heavy atom. The standard InChI is InChI=1S/C15H16BrN3/c16-12-3-6-15-14(9-12)18-7-8-19(15)13-4-1-11(10-17)2-5-13/h1-6,9,18H,7-8,10,17H2. The van der Waals surface area contributed by atoms with E-state index in [4.69, 9.17) is 5.73 Å². The molecule has 19 heavy (non-hydrogen) atoms. The van der Waals surface area contributed by atoms with Crippen molar-refractivity contribution in [1.82, 2.24) is 0 Å². The molecule has 1 aliphatic rings. The number of benzene rings is 2. The highest BCUT2D eigenvalue weighted by Crippen LogP contribution is 2.36. The van der Waals surface area contributed by atoms with E-state index in [-0.39, 0.29) is 0 Å². The predicted molar refractivity (Wildman–Crippen MR) is 84.0 cm³/mol. The van der Waals surface area contributed by atoms with Crippen LogP contribution in [0.4, 0.5) is 17.1 Å². The van der Waals surface area contributed by atoms with Crippen molar-refractivity contribution in [2.24, 2.45) is 5.73 Å². The lowest BCUT2D eigenvalue weighted by atomic mass is 10.1. The number of hydrogen-bond acceptors (Lipinski definition) is 3. The zero-order valence-electron chi connectivity index (χ0n) is 10.6. The molecule has 4 heteroatoms. The third-order valence-corrected chi connectivity index (χ3v) is 3.88. The Morgan fingerprint density at radius 3 is 2.68 bits per heavy atom. The Bertz CT molecular complexity index is 580. The van der Waals surface area contributed by atoms with E-state index >= 15 is 0 Å². The van der Waals surface area contributed by atoms with Gasteiger partial charge in [0.1, 0.15) is 0 Å². The second kappa shape index (κ2) is 5.23. The molecule has 0 saturated carbocycles. The molecule has 0 radical (unpaired) electrons. The first kappa shape index (κ1) is 12.5. The lowest BCUT2D eigenvalue weighted by Gasteiger charge is -2.32. The van der Waals surface area contributed by atoms with Crippen LogP contribution in [0, 0.1) is 0 Å². The summed E-state index contributed by atoms with van der Waals surface area (Å²) in [5.74, 6) is 0. The smallest absolute Gasteiger partial charge is 0.0647 e. The van der Waals surface area contributed by atoms with Crippen molar-refractivity contribution in [1.29, 1.82) is 0 Å². The minimum atomic E-state index is 0.589. The molecule has 0 saturated heterocycles. The van der Waals surface area contributed by atoms with Crippen molar-refractivity contribution in [3.63, 3.8) is 0 Å². The van der Waals surface area contributed by atoms with Gasteiger partial charge in [0.15, 0.2) is 0 Å². The van der Waals surface area contributed by atoms with E-state index in [2.05, 4.69) is 68.6 Å². The topological polar surface area (TPSA) is 41.3 Å². The molecule has 0 atom stereocenters. The van der Waals surface area contributed by atoms with Gasteiger partial charge in [-0.15, -0.1) is 0 Å². The van der Waals surface area contributed by atoms with E-state index in [1.54, 1.807) is 0 Å². The fourth-order valence-corrected chi connectivity index (χ4v) is 2.75. The van der Waals surface area contributed by atoms with Crippen molar-refractivity contribution < 1.29 is 0 Å². The summed E-state index contributed by atoms with van der Waals surface area (Å²) in [5, 5.41) is 3.43. The second-order valence-corrected chi connectivity index (χ2v) is 5.53. The number of halogens is 1. The average Bonchev–Trinajstić information content (AvgIpc) is 2.46. The highest BCUT2D eigenvalue weighted by atomic mass is 79.9. The predicted octanol–water partition coefficient (Wildman–Crippen LogP) is 3.47. The quantitative estimate of drug-likeness (QED) is 0.891. The largest absolute Gasteiger partial charge is 0.382 e. The van der Waals surface area contributed by atoms with E-state index in [0.717, 1.165) is 23.1 Å². The summed E-state index contributed by atoms with van der Waals surface area (Å²) >= 11 is 3.51. The molecule has 0 aromatic heterocycles. The number of hydrogen-bond donors (Lipinski definition) is 2. The lowest BCUT2D eigenvalue weighted by Crippen LogP contribution is -2.30. The van der Waals surface area contributed by atoms with E-state index in [1.165, 1.54) is 17.1 Å². The molecule has 1 aliphatic heterocycles. The van der Waals surface area contributed by atoms with Gasteiger partial charge < -0.3 is 16.0 Å². The number of nitrogens with zero attached hydrogens (tertiary/aromatic N) is 1. The maximum absolute atomic E-state index is 5.64. The van der Waals surface area contributed by atoms with Crippen LogP contribution in [0.1, 0.15) is 5.56 Å². The normalized spacial score (nSPS) is 13.9. The molecule has 0 aliphatic carbocycles.